The van der Waals surface area contributed by atoms with E-state index in [1.165, 1.54) is 0 Å². The van der Waals surface area contributed by atoms with E-state index in [0.29, 0.717) is 38.6 Å². The van der Waals surface area contributed by atoms with E-state index < -0.39 is 5.60 Å². The topological polar surface area (TPSA) is 52.6 Å². The predicted octanol–water partition coefficient (Wildman–Crippen LogP) is 7.70. The summed E-state index contributed by atoms with van der Waals surface area (Å²) < 4.78 is 0. The second kappa shape index (κ2) is 14.2. The van der Waals surface area contributed by atoms with E-state index in [9.17, 15) is 9.90 Å². The van der Waals surface area contributed by atoms with Gasteiger partial charge in [-0.2, -0.15) is 0 Å². The van der Waals surface area contributed by atoms with Crippen LogP contribution in [0.3, 0.4) is 0 Å². The Morgan fingerprint density at radius 2 is 1.63 bits per heavy atom. The van der Waals surface area contributed by atoms with Gasteiger partial charge < -0.3 is 15.3 Å². The van der Waals surface area contributed by atoms with Crippen molar-refractivity contribution in [3.63, 3.8) is 0 Å². The fourth-order valence-corrected chi connectivity index (χ4v) is 5.62. The second-order valence-corrected chi connectivity index (χ2v) is 11.4. The zero-order valence-electron chi connectivity index (χ0n) is 20.8. The Labute approximate surface area is 250 Å². The zero-order valence-corrected chi connectivity index (χ0v) is 24.6. The van der Waals surface area contributed by atoms with Gasteiger partial charge in [0.25, 0.3) is 5.91 Å². The highest BCUT2D eigenvalue weighted by molar-refractivity contribution is 6.42. The van der Waals surface area contributed by atoms with Gasteiger partial charge in [-0.15, -0.1) is 12.4 Å². The molecule has 9 heteroatoms. The number of rotatable bonds is 9. The average Bonchev–Trinajstić information content (AvgIpc) is 2.87. The minimum Gasteiger partial charge on any atom is -0.389 e. The van der Waals surface area contributed by atoms with Gasteiger partial charge >= 0.3 is 0 Å². The number of hydrogen-bond donors (Lipinski definition) is 2. The number of likely N-dealkylation sites (tertiary alicyclic amines) is 1. The first-order chi connectivity index (χ1) is 17.7. The van der Waals surface area contributed by atoms with Crippen molar-refractivity contribution in [3.05, 3.63) is 104 Å². The van der Waals surface area contributed by atoms with E-state index in [0.717, 1.165) is 50.0 Å². The lowest BCUT2D eigenvalue weighted by Gasteiger charge is -2.39. The molecule has 0 saturated carbocycles. The Bertz CT molecular complexity index is 1220. The Morgan fingerprint density at radius 1 is 0.921 bits per heavy atom. The van der Waals surface area contributed by atoms with Crippen LogP contribution in [0, 0.1) is 0 Å². The maximum Gasteiger partial charge on any atom is 0.252 e. The van der Waals surface area contributed by atoms with Gasteiger partial charge in [0.05, 0.1) is 26.2 Å². The molecule has 1 fully saturated rings. The number of carbonyl (C=O) groups is 1. The fourth-order valence-electron chi connectivity index (χ4n) is 4.82. The molecule has 1 unspecified atom stereocenters. The molecule has 0 spiro atoms. The molecule has 2 N–H and O–H groups in total. The normalized spacial score (nSPS) is 15.9. The fraction of sp³-hybridized carbons (Fsp3) is 0.345. The first-order valence-electron chi connectivity index (χ1n) is 12.4. The Balaban J connectivity index is 0.00000400. The minimum absolute atomic E-state index is 0. The van der Waals surface area contributed by atoms with Gasteiger partial charge in [0.2, 0.25) is 0 Å². The molecule has 0 aliphatic carbocycles. The number of nitrogens with one attached hydrogen (secondary N) is 1. The molecule has 0 aromatic heterocycles. The van der Waals surface area contributed by atoms with Crippen LogP contribution in [0.5, 0.6) is 0 Å². The molecule has 1 aliphatic rings. The molecule has 4 nitrogen and oxygen atoms in total. The van der Waals surface area contributed by atoms with Crippen LogP contribution in [0.15, 0.2) is 66.7 Å². The highest BCUT2D eigenvalue weighted by Crippen LogP contribution is 2.30. The molecule has 1 amide bonds. The Kier molecular flexibility index (Phi) is 11.6. The summed E-state index contributed by atoms with van der Waals surface area (Å²) in [6.45, 7) is 2.90. The highest BCUT2D eigenvalue weighted by atomic mass is 35.5. The summed E-state index contributed by atoms with van der Waals surface area (Å²) in [5.41, 5.74) is 1.88. The van der Waals surface area contributed by atoms with Crippen LogP contribution in [0.25, 0.3) is 0 Å². The number of benzene rings is 3. The third-order valence-corrected chi connectivity index (χ3v) is 8.34. The molecule has 0 radical (unpaired) electrons. The molecular formula is C29H31Cl5N2O2. The van der Waals surface area contributed by atoms with Crippen LogP contribution in [0.2, 0.25) is 20.1 Å². The summed E-state index contributed by atoms with van der Waals surface area (Å²) in [6, 6.07) is 20.6. The zero-order chi connectivity index (χ0) is 26.4. The van der Waals surface area contributed by atoms with Crippen LogP contribution < -0.4 is 5.32 Å². The molecule has 0 bridgehead atoms. The second-order valence-electron chi connectivity index (χ2n) is 9.72. The molecular weight excluding hydrogens is 586 g/mol. The molecule has 4 rings (SSSR count). The van der Waals surface area contributed by atoms with Gasteiger partial charge in [-0.3, -0.25) is 4.79 Å². The van der Waals surface area contributed by atoms with Crippen molar-refractivity contribution in [3.8, 4) is 0 Å². The van der Waals surface area contributed by atoms with Gasteiger partial charge in [0, 0.05) is 37.0 Å². The summed E-state index contributed by atoms with van der Waals surface area (Å²) in [5, 5.41) is 15.9. The quantitative estimate of drug-likeness (QED) is 0.259. The van der Waals surface area contributed by atoms with Crippen molar-refractivity contribution in [2.45, 2.75) is 37.2 Å². The standard InChI is InChI=1S/C29H30Cl4N2O2.ClH/c30-23-7-8-24(26(32)17-23)28(36)34-19-22(21-6-9-25(31)27(33)16-21)10-13-35-14-11-29(37,12-15-35)18-20-4-2-1-3-5-20;/h1-9,16-17,22,37H,10-15,18-19H2,(H,34,36);1H. The number of piperidine rings is 1. The third kappa shape index (κ3) is 8.50. The summed E-state index contributed by atoms with van der Waals surface area (Å²) in [6.07, 6.45) is 2.94. The van der Waals surface area contributed by atoms with E-state index in [4.69, 9.17) is 46.4 Å². The van der Waals surface area contributed by atoms with Crippen LogP contribution in [-0.2, 0) is 6.42 Å². The number of halogens is 5. The molecule has 1 atom stereocenters. The molecule has 38 heavy (non-hydrogen) atoms. The highest BCUT2D eigenvalue weighted by Gasteiger charge is 2.32. The average molecular weight is 617 g/mol. The first kappa shape index (κ1) is 31.0. The van der Waals surface area contributed by atoms with Gasteiger partial charge in [-0.1, -0.05) is 82.8 Å². The summed E-state index contributed by atoms with van der Waals surface area (Å²) in [4.78, 5) is 15.2. The van der Waals surface area contributed by atoms with Crippen molar-refractivity contribution in [1.29, 1.82) is 0 Å². The van der Waals surface area contributed by atoms with E-state index in [1.54, 1.807) is 24.3 Å². The number of carbonyl (C=O) groups excluding carboxylic acids is 1. The molecule has 1 aliphatic heterocycles. The van der Waals surface area contributed by atoms with E-state index in [1.807, 2.05) is 30.3 Å². The van der Waals surface area contributed by atoms with E-state index in [-0.39, 0.29) is 24.2 Å². The molecule has 1 heterocycles. The predicted molar refractivity (Wildman–Crippen MR) is 161 cm³/mol. The van der Waals surface area contributed by atoms with Gasteiger partial charge in [-0.25, -0.2) is 0 Å². The number of aliphatic hydroxyl groups is 1. The summed E-state index contributed by atoms with van der Waals surface area (Å²) in [5.74, 6) is -0.231. The molecule has 3 aromatic rings. The van der Waals surface area contributed by atoms with Crippen LogP contribution in [0.4, 0.5) is 0 Å². The lowest BCUT2D eigenvalue weighted by atomic mass is 9.85. The maximum atomic E-state index is 12.8. The first-order valence-corrected chi connectivity index (χ1v) is 13.9. The van der Waals surface area contributed by atoms with Crippen LogP contribution >= 0.6 is 58.8 Å². The largest absolute Gasteiger partial charge is 0.389 e. The number of amides is 1. The molecule has 1 saturated heterocycles. The smallest absolute Gasteiger partial charge is 0.252 e. The Hall–Kier alpha value is -1.50. The molecule has 204 valence electrons. The van der Waals surface area contributed by atoms with Gasteiger partial charge in [0.15, 0.2) is 0 Å². The minimum atomic E-state index is -0.674. The SMILES string of the molecule is Cl.O=C(NCC(CCN1CCC(O)(Cc2ccccc2)CC1)c1ccc(Cl)c(Cl)c1)c1ccc(Cl)cc1Cl. The lowest BCUT2D eigenvalue weighted by molar-refractivity contribution is -0.0210. The van der Waals surface area contributed by atoms with E-state index >= 15 is 0 Å². The Morgan fingerprint density at radius 3 is 2.29 bits per heavy atom. The van der Waals surface area contributed by atoms with Crippen molar-refractivity contribution in [2.75, 3.05) is 26.2 Å². The van der Waals surface area contributed by atoms with Gasteiger partial charge in [0.1, 0.15) is 0 Å². The van der Waals surface area contributed by atoms with Crippen LogP contribution in [0.1, 0.15) is 46.7 Å². The summed E-state index contributed by atoms with van der Waals surface area (Å²) in [7, 11) is 0. The van der Waals surface area contributed by atoms with Crippen molar-refractivity contribution in [1.82, 2.24) is 10.2 Å². The third-order valence-electron chi connectivity index (χ3n) is 7.06. The van der Waals surface area contributed by atoms with E-state index in [2.05, 4.69) is 22.3 Å². The monoisotopic (exact) mass is 614 g/mol. The number of hydrogen-bond acceptors (Lipinski definition) is 3. The number of nitrogens with zero attached hydrogens (tertiary/aromatic N) is 1. The van der Waals surface area contributed by atoms with Crippen molar-refractivity contribution in [2.24, 2.45) is 0 Å². The van der Waals surface area contributed by atoms with Crippen LogP contribution in [-0.4, -0.2) is 47.7 Å². The lowest BCUT2D eigenvalue weighted by Crippen LogP contribution is -2.46. The molecule has 3 aromatic carbocycles. The van der Waals surface area contributed by atoms with Gasteiger partial charge in [-0.05, 0) is 67.3 Å². The maximum absolute atomic E-state index is 12.8. The van der Waals surface area contributed by atoms with Crippen molar-refractivity contribution < 1.29 is 9.90 Å². The summed E-state index contributed by atoms with van der Waals surface area (Å²) >= 11 is 24.7. The van der Waals surface area contributed by atoms with Crippen molar-refractivity contribution >= 4 is 64.7 Å².